The van der Waals surface area contributed by atoms with E-state index in [0.29, 0.717) is 11.6 Å². The Morgan fingerprint density at radius 2 is 1.77 bits per heavy atom. The third kappa shape index (κ3) is 2.06. The van der Waals surface area contributed by atoms with Crippen molar-refractivity contribution in [3.8, 4) is 11.3 Å². The van der Waals surface area contributed by atoms with Gasteiger partial charge in [0, 0.05) is 33.4 Å². The number of pyridine rings is 1. The summed E-state index contributed by atoms with van der Waals surface area (Å²) in [5, 5.41) is 3.05. The molecule has 3 nitrogen and oxygen atoms in total. The molecule has 0 aliphatic rings. The van der Waals surface area contributed by atoms with Gasteiger partial charge >= 0.3 is 0 Å². The van der Waals surface area contributed by atoms with E-state index < -0.39 is 0 Å². The van der Waals surface area contributed by atoms with Crippen LogP contribution in [0.5, 0.6) is 0 Å². The summed E-state index contributed by atoms with van der Waals surface area (Å²) >= 11 is 5.99. The fourth-order valence-corrected chi connectivity index (χ4v) is 2.95. The number of aromatic amines is 1. The molecule has 2 aromatic heterocycles. The van der Waals surface area contributed by atoms with Gasteiger partial charge in [-0.05, 0) is 24.3 Å². The summed E-state index contributed by atoms with van der Waals surface area (Å²) in [6, 6.07) is 18.0. The molecule has 2 aromatic carbocycles. The van der Waals surface area contributed by atoms with Crippen LogP contribution < -0.4 is 5.73 Å². The van der Waals surface area contributed by atoms with Gasteiger partial charge in [0.1, 0.15) is 0 Å². The Balaban J connectivity index is 2.10. The van der Waals surface area contributed by atoms with Crippen molar-refractivity contribution in [2.45, 2.75) is 6.54 Å². The summed E-state index contributed by atoms with van der Waals surface area (Å²) in [4.78, 5) is 8.19. The zero-order valence-electron chi connectivity index (χ0n) is 11.8. The molecule has 3 N–H and O–H groups in total. The van der Waals surface area contributed by atoms with Gasteiger partial charge in [-0.15, -0.1) is 0 Å². The zero-order valence-corrected chi connectivity index (χ0v) is 12.6. The highest BCUT2D eigenvalue weighted by molar-refractivity contribution is 6.30. The molecule has 0 aliphatic heterocycles. The standard InChI is InChI=1S/C18H14ClN3/c19-12-7-5-11(6-8-12)17-18-15(9-13(10-20)21-17)14-3-1-2-4-16(14)22-18/h1-9,22H,10,20H2. The van der Waals surface area contributed by atoms with E-state index in [2.05, 4.69) is 23.2 Å². The highest BCUT2D eigenvalue weighted by atomic mass is 35.5. The molecule has 4 rings (SSSR count). The Hall–Kier alpha value is -2.36. The van der Waals surface area contributed by atoms with Crippen molar-refractivity contribution in [3.05, 3.63) is 65.3 Å². The SMILES string of the molecule is NCc1cc2c([nH]c3ccccc32)c(-c2ccc(Cl)cc2)n1. The van der Waals surface area contributed by atoms with Crippen molar-refractivity contribution in [1.82, 2.24) is 9.97 Å². The molecule has 0 aliphatic carbocycles. The van der Waals surface area contributed by atoms with Gasteiger partial charge in [-0.1, -0.05) is 41.9 Å². The molecular formula is C18H14ClN3. The maximum absolute atomic E-state index is 5.99. The topological polar surface area (TPSA) is 54.7 Å². The largest absolute Gasteiger partial charge is 0.353 e. The van der Waals surface area contributed by atoms with Crippen molar-refractivity contribution < 1.29 is 0 Å². The fraction of sp³-hybridized carbons (Fsp3) is 0.0556. The predicted molar refractivity (Wildman–Crippen MR) is 91.9 cm³/mol. The number of rotatable bonds is 2. The molecule has 0 amide bonds. The molecule has 0 bridgehead atoms. The minimum absolute atomic E-state index is 0.413. The van der Waals surface area contributed by atoms with Gasteiger partial charge in [-0.2, -0.15) is 0 Å². The van der Waals surface area contributed by atoms with E-state index in [1.807, 2.05) is 36.4 Å². The third-order valence-corrected chi connectivity index (χ3v) is 4.13. The molecular weight excluding hydrogens is 294 g/mol. The number of halogens is 1. The normalized spacial score (nSPS) is 11.4. The number of fused-ring (bicyclic) bond motifs is 3. The highest BCUT2D eigenvalue weighted by Gasteiger charge is 2.12. The number of benzene rings is 2. The van der Waals surface area contributed by atoms with Crippen LogP contribution >= 0.6 is 11.6 Å². The minimum Gasteiger partial charge on any atom is -0.353 e. The number of aromatic nitrogens is 2. The van der Waals surface area contributed by atoms with E-state index in [4.69, 9.17) is 22.3 Å². The Kier molecular flexibility index (Phi) is 3.10. The number of nitrogens with two attached hydrogens (primary N) is 1. The Morgan fingerprint density at radius 1 is 1.00 bits per heavy atom. The maximum atomic E-state index is 5.99. The van der Waals surface area contributed by atoms with Gasteiger partial charge < -0.3 is 10.7 Å². The number of H-pyrrole nitrogens is 1. The summed E-state index contributed by atoms with van der Waals surface area (Å²) in [6.45, 7) is 0.413. The molecule has 4 aromatic rings. The smallest absolute Gasteiger partial charge is 0.0947 e. The lowest BCUT2D eigenvalue weighted by atomic mass is 10.1. The van der Waals surface area contributed by atoms with Gasteiger partial charge in [0.2, 0.25) is 0 Å². The summed E-state index contributed by atoms with van der Waals surface area (Å²) in [5.41, 5.74) is 10.8. The van der Waals surface area contributed by atoms with Crippen LogP contribution in [0.4, 0.5) is 0 Å². The average molecular weight is 308 g/mol. The van der Waals surface area contributed by atoms with Gasteiger partial charge in [-0.3, -0.25) is 0 Å². The Labute approximate surface area is 132 Å². The lowest BCUT2D eigenvalue weighted by Crippen LogP contribution is -2.00. The van der Waals surface area contributed by atoms with Crippen LogP contribution in [0.3, 0.4) is 0 Å². The third-order valence-electron chi connectivity index (χ3n) is 3.88. The molecule has 0 atom stereocenters. The van der Waals surface area contributed by atoms with Gasteiger partial charge in [0.25, 0.3) is 0 Å². The first kappa shape index (κ1) is 13.3. The second-order valence-electron chi connectivity index (χ2n) is 5.27. The number of hydrogen-bond acceptors (Lipinski definition) is 2. The summed E-state index contributed by atoms with van der Waals surface area (Å²) in [5.74, 6) is 0. The van der Waals surface area contributed by atoms with E-state index in [9.17, 15) is 0 Å². The van der Waals surface area contributed by atoms with Crippen molar-refractivity contribution in [2.24, 2.45) is 5.73 Å². The van der Waals surface area contributed by atoms with Crippen molar-refractivity contribution in [1.29, 1.82) is 0 Å². The van der Waals surface area contributed by atoms with E-state index in [1.54, 1.807) is 0 Å². The summed E-state index contributed by atoms with van der Waals surface area (Å²) in [7, 11) is 0. The van der Waals surface area contributed by atoms with Crippen molar-refractivity contribution in [3.63, 3.8) is 0 Å². The monoisotopic (exact) mass is 307 g/mol. The van der Waals surface area contributed by atoms with Crippen LogP contribution in [-0.4, -0.2) is 9.97 Å². The lowest BCUT2D eigenvalue weighted by molar-refractivity contribution is 1.000. The molecule has 0 fully saturated rings. The molecule has 2 heterocycles. The van der Waals surface area contributed by atoms with E-state index in [-0.39, 0.29) is 0 Å². The first-order valence-electron chi connectivity index (χ1n) is 7.12. The molecule has 0 radical (unpaired) electrons. The van der Waals surface area contributed by atoms with Crippen LogP contribution in [0, 0.1) is 0 Å². The van der Waals surface area contributed by atoms with Gasteiger partial charge in [-0.25, -0.2) is 4.98 Å². The van der Waals surface area contributed by atoms with Gasteiger partial charge in [0.05, 0.1) is 16.9 Å². The van der Waals surface area contributed by atoms with Crippen LogP contribution in [-0.2, 0) is 6.54 Å². The first-order valence-corrected chi connectivity index (χ1v) is 7.50. The van der Waals surface area contributed by atoms with Crippen LogP contribution in [0.1, 0.15) is 5.69 Å². The van der Waals surface area contributed by atoms with Crippen LogP contribution in [0.15, 0.2) is 54.6 Å². The number of para-hydroxylation sites is 1. The Bertz CT molecular complexity index is 971. The molecule has 0 unspecified atom stereocenters. The minimum atomic E-state index is 0.413. The van der Waals surface area contributed by atoms with E-state index in [1.165, 1.54) is 5.39 Å². The van der Waals surface area contributed by atoms with Gasteiger partial charge in [0.15, 0.2) is 0 Å². The van der Waals surface area contributed by atoms with E-state index >= 15 is 0 Å². The number of nitrogens with zero attached hydrogens (tertiary/aromatic N) is 1. The highest BCUT2D eigenvalue weighted by Crippen LogP contribution is 2.32. The first-order chi connectivity index (χ1) is 10.8. The molecule has 22 heavy (non-hydrogen) atoms. The number of nitrogens with one attached hydrogen (secondary N) is 1. The van der Waals surface area contributed by atoms with E-state index in [0.717, 1.165) is 33.4 Å². The van der Waals surface area contributed by atoms with Crippen molar-refractivity contribution in [2.75, 3.05) is 0 Å². The zero-order chi connectivity index (χ0) is 15.1. The fourth-order valence-electron chi connectivity index (χ4n) is 2.82. The van der Waals surface area contributed by atoms with Crippen LogP contribution in [0.2, 0.25) is 5.02 Å². The summed E-state index contributed by atoms with van der Waals surface area (Å²) < 4.78 is 0. The average Bonchev–Trinajstić information content (AvgIpc) is 2.93. The second-order valence-corrected chi connectivity index (χ2v) is 5.70. The number of hydrogen-bond donors (Lipinski definition) is 2. The predicted octanol–water partition coefficient (Wildman–Crippen LogP) is 4.50. The molecule has 0 spiro atoms. The molecule has 0 saturated carbocycles. The molecule has 0 saturated heterocycles. The summed E-state index contributed by atoms with van der Waals surface area (Å²) in [6.07, 6.45) is 0. The Morgan fingerprint density at radius 3 is 2.55 bits per heavy atom. The van der Waals surface area contributed by atoms with Crippen molar-refractivity contribution >= 4 is 33.4 Å². The lowest BCUT2D eigenvalue weighted by Gasteiger charge is -2.06. The quantitative estimate of drug-likeness (QED) is 0.573. The molecule has 4 heteroatoms. The second kappa shape index (κ2) is 5.13. The maximum Gasteiger partial charge on any atom is 0.0947 e. The molecule has 108 valence electrons. The van der Waals surface area contributed by atoms with Crippen LogP contribution in [0.25, 0.3) is 33.1 Å².